The molecular weight excluding hydrogens is 356 g/mol. The number of fused-ring (bicyclic) bond motifs is 1. The molecule has 0 aliphatic heterocycles. The third kappa shape index (κ3) is 3.30. The van der Waals surface area contributed by atoms with Crippen LogP contribution in [0.25, 0.3) is 22.0 Å². The van der Waals surface area contributed by atoms with Crippen LogP contribution in [0, 0.1) is 0 Å². The van der Waals surface area contributed by atoms with Crippen molar-refractivity contribution >= 4 is 28.4 Å². The van der Waals surface area contributed by atoms with Crippen LogP contribution in [0.1, 0.15) is 20.8 Å². The van der Waals surface area contributed by atoms with Crippen molar-refractivity contribution in [2.24, 2.45) is 0 Å². The number of hydrogen-bond donors (Lipinski definition) is 3. The van der Waals surface area contributed by atoms with Crippen molar-refractivity contribution in [3.05, 3.63) is 72.2 Å². The number of nitrogens with zero attached hydrogens (tertiary/aromatic N) is 3. The maximum absolute atomic E-state index is 12.2. The van der Waals surface area contributed by atoms with Crippen LogP contribution in [0.5, 0.6) is 0 Å². The number of amides is 2. The lowest BCUT2D eigenvalue weighted by Gasteiger charge is -2.07. The van der Waals surface area contributed by atoms with Crippen LogP contribution in [0.15, 0.2) is 60.9 Å². The highest BCUT2D eigenvalue weighted by Gasteiger charge is 2.13. The van der Waals surface area contributed by atoms with E-state index in [9.17, 15) is 9.59 Å². The fourth-order valence-electron chi connectivity index (χ4n) is 2.86. The number of aromatic amines is 1. The Morgan fingerprint density at radius 1 is 0.929 bits per heavy atom. The number of carbonyl (C=O) groups excluding carboxylic acids is 2. The SMILES string of the molecule is CNC(=O)c1n[nH]c2cc(-c3ccc(NC(=O)c4ccnnc4)cc3)ccc12. The first-order valence-corrected chi connectivity index (χ1v) is 8.54. The Bertz CT molecular complexity index is 1150. The smallest absolute Gasteiger partial charge is 0.272 e. The second-order valence-corrected chi connectivity index (χ2v) is 6.07. The molecule has 0 spiro atoms. The number of rotatable bonds is 4. The number of aromatic nitrogens is 4. The Hall–Kier alpha value is -4.07. The maximum Gasteiger partial charge on any atom is 0.272 e. The first-order valence-electron chi connectivity index (χ1n) is 8.54. The van der Waals surface area contributed by atoms with Crippen LogP contribution in [-0.2, 0) is 0 Å². The van der Waals surface area contributed by atoms with E-state index in [0.717, 1.165) is 22.0 Å². The number of nitrogens with one attached hydrogen (secondary N) is 3. The van der Waals surface area contributed by atoms with E-state index < -0.39 is 0 Å². The summed E-state index contributed by atoms with van der Waals surface area (Å²) in [5.41, 5.74) is 4.20. The average molecular weight is 372 g/mol. The summed E-state index contributed by atoms with van der Waals surface area (Å²) < 4.78 is 0. The number of hydrogen-bond acceptors (Lipinski definition) is 5. The van der Waals surface area contributed by atoms with Gasteiger partial charge in [0.05, 0.1) is 23.5 Å². The van der Waals surface area contributed by atoms with Gasteiger partial charge in [-0.25, -0.2) is 0 Å². The molecule has 3 N–H and O–H groups in total. The summed E-state index contributed by atoms with van der Waals surface area (Å²) in [6.07, 6.45) is 2.88. The molecule has 2 heterocycles. The summed E-state index contributed by atoms with van der Waals surface area (Å²) >= 11 is 0. The normalized spacial score (nSPS) is 10.6. The topological polar surface area (TPSA) is 113 Å². The van der Waals surface area contributed by atoms with Crippen LogP contribution in [0.4, 0.5) is 5.69 Å². The molecule has 28 heavy (non-hydrogen) atoms. The zero-order valence-electron chi connectivity index (χ0n) is 14.9. The van der Waals surface area contributed by atoms with Crippen molar-refractivity contribution in [2.45, 2.75) is 0 Å². The lowest BCUT2D eigenvalue weighted by atomic mass is 10.0. The maximum atomic E-state index is 12.2. The molecule has 0 atom stereocenters. The van der Waals surface area contributed by atoms with Gasteiger partial charge in [-0.15, -0.1) is 0 Å². The summed E-state index contributed by atoms with van der Waals surface area (Å²) in [6, 6.07) is 14.8. The average Bonchev–Trinajstić information content (AvgIpc) is 3.17. The standard InChI is InChI=1S/C20H16N6O2/c1-21-20(28)18-16-7-4-13(10-17(16)25-26-18)12-2-5-15(6-3-12)24-19(27)14-8-9-22-23-11-14/h2-11H,1H3,(H,21,28)(H,24,27)(H,25,26). The van der Waals surface area contributed by atoms with Crippen molar-refractivity contribution in [1.29, 1.82) is 0 Å². The third-order valence-electron chi connectivity index (χ3n) is 4.33. The highest BCUT2D eigenvalue weighted by atomic mass is 16.2. The van der Waals surface area contributed by atoms with Gasteiger partial charge in [-0.3, -0.25) is 14.7 Å². The van der Waals surface area contributed by atoms with Gasteiger partial charge in [0, 0.05) is 18.1 Å². The van der Waals surface area contributed by atoms with E-state index >= 15 is 0 Å². The lowest BCUT2D eigenvalue weighted by Crippen LogP contribution is -2.18. The predicted octanol–water partition coefficient (Wildman–Crippen LogP) is 2.63. The van der Waals surface area contributed by atoms with E-state index in [1.807, 2.05) is 42.5 Å². The van der Waals surface area contributed by atoms with E-state index in [2.05, 4.69) is 31.0 Å². The zero-order chi connectivity index (χ0) is 19.5. The number of carbonyl (C=O) groups is 2. The first kappa shape index (κ1) is 17.3. The largest absolute Gasteiger partial charge is 0.354 e. The molecule has 138 valence electrons. The van der Waals surface area contributed by atoms with E-state index in [-0.39, 0.29) is 11.8 Å². The molecule has 0 fully saturated rings. The summed E-state index contributed by atoms with van der Waals surface area (Å²) in [7, 11) is 1.57. The molecular formula is C20H16N6O2. The fraction of sp³-hybridized carbons (Fsp3) is 0.0500. The van der Waals surface area contributed by atoms with Gasteiger partial charge >= 0.3 is 0 Å². The highest BCUT2D eigenvalue weighted by molar-refractivity contribution is 6.05. The minimum Gasteiger partial charge on any atom is -0.354 e. The van der Waals surface area contributed by atoms with Crippen molar-refractivity contribution in [3.63, 3.8) is 0 Å². The van der Waals surface area contributed by atoms with E-state index in [0.29, 0.717) is 16.9 Å². The number of H-pyrrole nitrogens is 1. The Balaban J connectivity index is 1.55. The van der Waals surface area contributed by atoms with Gasteiger partial charge in [-0.1, -0.05) is 18.2 Å². The highest BCUT2D eigenvalue weighted by Crippen LogP contribution is 2.26. The monoisotopic (exact) mass is 372 g/mol. The molecule has 0 unspecified atom stereocenters. The zero-order valence-corrected chi connectivity index (χ0v) is 14.9. The van der Waals surface area contributed by atoms with E-state index in [1.165, 1.54) is 12.4 Å². The van der Waals surface area contributed by atoms with Crippen molar-refractivity contribution < 1.29 is 9.59 Å². The molecule has 4 aromatic rings. The van der Waals surface area contributed by atoms with Gasteiger partial charge in [-0.2, -0.15) is 15.3 Å². The Kier molecular flexibility index (Phi) is 4.51. The van der Waals surface area contributed by atoms with Crippen LogP contribution < -0.4 is 10.6 Å². The summed E-state index contributed by atoms with van der Waals surface area (Å²) in [4.78, 5) is 24.0. The molecule has 0 aliphatic carbocycles. The minimum absolute atomic E-state index is 0.233. The Morgan fingerprint density at radius 2 is 1.71 bits per heavy atom. The third-order valence-corrected chi connectivity index (χ3v) is 4.33. The van der Waals surface area contributed by atoms with Gasteiger partial charge < -0.3 is 10.6 Å². The molecule has 4 rings (SSSR count). The molecule has 8 nitrogen and oxygen atoms in total. The van der Waals surface area contributed by atoms with Crippen molar-refractivity contribution in [3.8, 4) is 11.1 Å². The van der Waals surface area contributed by atoms with Gasteiger partial charge in [0.25, 0.3) is 11.8 Å². The second kappa shape index (κ2) is 7.28. The van der Waals surface area contributed by atoms with E-state index in [1.54, 1.807) is 13.1 Å². The molecule has 0 saturated carbocycles. The molecule has 2 aromatic carbocycles. The minimum atomic E-state index is -0.247. The Labute approximate surface area is 160 Å². The van der Waals surface area contributed by atoms with Crippen molar-refractivity contribution in [2.75, 3.05) is 12.4 Å². The summed E-state index contributed by atoms with van der Waals surface area (Å²) in [6.45, 7) is 0. The summed E-state index contributed by atoms with van der Waals surface area (Å²) in [5.74, 6) is -0.480. The molecule has 0 saturated heterocycles. The van der Waals surface area contributed by atoms with Gasteiger partial charge in [-0.05, 0) is 41.5 Å². The predicted molar refractivity (Wildman–Crippen MR) is 105 cm³/mol. The van der Waals surface area contributed by atoms with Gasteiger partial charge in [0.15, 0.2) is 5.69 Å². The first-order chi connectivity index (χ1) is 13.7. The van der Waals surface area contributed by atoms with Gasteiger partial charge in [0.2, 0.25) is 0 Å². The molecule has 2 amide bonds. The van der Waals surface area contributed by atoms with E-state index in [4.69, 9.17) is 0 Å². The molecule has 0 aliphatic rings. The van der Waals surface area contributed by atoms with Crippen LogP contribution in [-0.4, -0.2) is 39.3 Å². The fourth-order valence-corrected chi connectivity index (χ4v) is 2.86. The Morgan fingerprint density at radius 3 is 2.43 bits per heavy atom. The van der Waals surface area contributed by atoms with Crippen LogP contribution >= 0.6 is 0 Å². The molecule has 2 aromatic heterocycles. The van der Waals surface area contributed by atoms with Crippen molar-refractivity contribution in [1.82, 2.24) is 25.7 Å². The molecule has 8 heteroatoms. The molecule has 0 radical (unpaired) electrons. The quantitative estimate of drug-likeness (QED) is 0.510. The van der Waals surface area contributed by atoms with Crippen LogP contribution in [0.2, 0.25) is 0 Å². The summed E-state index contributed by atoms with van der Waals surface area (Å²) in [5, 5.41) is 20.5. The van der Waals surface area contributed by atoms with Crippen LogP contribution in [0.3, 0.4) is 0 Å². The second-order valence-electron chi connectivity index (χ2n) is 6.07. The molecule has 0 bridgehead atoms. The number of anilines is 1. The van der Waals surface area contributed by atoms with Gasteiger partial charge in [0.1, 0.15) is 0 Å². The lowest BCUT2D eigenvalue weighted by molar-refractivity contribution is 0.0958. The number of benzene rings is 2.